The number of carbonyl (C=O) groups is 3. The standard InChI is InChI=1S/C22H26N2O9/c1-30-19(25)18-13-22(20(26)31-2)10-9-16(17(12-22)32-18)33-21(27)23-11-3-4-14-5-7-15(8-6-14)24(28)29/h5-10,16-18H,3-4,11-13H2,1-2H3,(H,23,27)/t16-,17?,18+,22?/m1/s1. The zero-order chi connectivity index (χ0) is 24.0. The lowest BCUT2D eigenvalue weighted by molar-refractivity contribution is -0.384. The van der Waals surface area contributed by atoms with Crippen LogP contribution in [0.3, 0.4) is 0 Å². The molecule has 0 radical (unpaired) electrons. The van der Waals surface area contributed by atoms with E-state index < -0.39 is 46.7 Å². The van der Waals surface area contributed by atoms with E-state index in [4.69, 9.17) is 18.9 Å². The minimum atomic E-state index is -1.04. The number of hydrogen-bond donors (Lipinski definition) is 1. The van der Waals surface area contributed by atoms with Crippen LogP contribution in [-0.4, -0.2) is 62.0 Å². The average Bonchev–Trinajstić information content (AvgIpc) is 2.82. The number of hydrogen-bond acceptors (Lipinski definition) is 9. The molecule has 1 aliphatic heterocycles. The van der Waals surface area contributed by atoms with Crippen LogP contribution in [0.1, 0.15) is 24.8 Å². The summed E-state index contributed by atoms with van der Waals surface area (Å²) in [5.41, 5.74) is -0.108. The van der Waals surface area contributed by atoms with E-state index in [1.54, 1.807) is 24.3 Å². The van der Waals surface area contributed by atoms with Gasteiger partial charge in [0.15, 0.2) is 6.10 Å². The number of alkyl carbamates (subject to hydrolysis) is 1. The SMILES string of the molecule is COC(=O)[C@@H]1CC2(C(=O)OC)C=C[C@@H](OC(=O)NCCCc3ccc([N+](=O)[O-])cc3)C(C2)O1. The highest BCUT2D eigenvalue weighted by molar-refractivity contribution is 5.82. The molecular formula is C22H26N2O9. The molecule has 4 atom stereocenters. The zero-order valence-electron chi connectivity index (χ0n) is 18.4. The zero-order valence-corrected chi connectivity index (χ0v) is 18.4. The Labute approximate surface area is 190 Å². The number of esters is 2. The van der Waals surface area contributed by atoms with Gasteiger partial charge < -0.3 is 24.3 Å². The van der Waals surface area contributed by atoms with Gasteiger partial charge in [0.25, 0.3) is 5.69 Å². The molecule has 2 unspecified atom stereocenters. The van der Waals surface area contributed by atoms with Crippen molar-refractivity contribution in [2.24, 2.45) is 5.41 Å². The third-order valence-corrected chi connectivity index (χ3v) is 5.78. The maximum absolute atomic E-state index is 12.4. The molecule has 1 amide bonds. The first kappa shape index (κ1) is 24.2. The Bertz CT molecular complexity index is 930. The summed E-state index contributed by atoms with van der Waals surface area (Å²) in [6, 6.07) is 6.23. The summed E-state index contributed by atoms with van der Waals surface area (Å²) in [5.74, 6) is -1.10. The number of amides is 1. The topological polar surface area (TPSA) is 143 Å². The first-order valence-electron chi connectivity index (χ1n) is 10.5. The predicted molar refractivity (Wildman–Crippen MR) is 113 cm³/mol. The van der Waals surface area contributed by atoms with Crippen LogP contribution in [0.2, 0.25) is 0 Å². The average molecular weight is 462 g/mol. The third kappa shape index (κ3) is 5.67. The molecule has 2 bridgehead atoms. The van der Waals surface area contributed by atoms with E-state index in [1.165, 1.54) is 26.4 Å². The molecule has 11 heteroatoms. The van der Waals surface area contributed by atoms with E-state index in [2.05, 4.69) is 5.32 Å². The first-order valence-corrected chi connectivity index (χ1v) is 10.5. The molecule has 33 heavy (non-hydrogen) atoms. The highest BCUT2D eigenvalue weighted by Gasteiger charge is 2.53. The monoisotopic (exact) mass is 462 g/mol. The summed E-state index contributed by atoms with van der Waals surface area (Å²) in [4.78, 5) is 46.9. The quantitative estimate of drug-likeness (QED) is 0.153. The van der Waals surface area contributed by atoms with E-state index in [1.807, 2.05) is 0 Å². The van der Waals surface area contributed by atoms with Gasteiger partial charge in [-0.3, -0.25) is 14.9 Å². The van der Waals surface area contributed by atoms with Crippen molar-refractivity contribution < 1.29 is 38.3 Å². The number of nitrogens with one attached hydrogen (secondary N) is 1. The number of aryl methyl sites for hydroxylation is 1. The molecule has 1 aliphatic carbocycles. The Morgan fingerprint density at radius 3 is 2.55 bits per heavy atom. The van der Waals surface area contributed by atoms with Crippen LogP contribution in [0.4, 0.5) is 10.5 Å². The van der Waals surface area contributed by atoms with Crippen LogP contribution in [-0.2, 0) is 35.0 Å². The number of nitrogens with zero attached hydrogens (tertiary/aromatic N) is 1. The van der Waals surface area contributed by atoms with Gasteiger partial charge in [-0.2, -0.15) is 0 Å². The van der Waals surface area contributed by atoms with E-state index in [0.29, 0.717) is 19.4 Å². The van der Waals surface area contributed by atoms with E-state index in [0.717, 1.165) is 5.56 Å². The van der Waals surface area contributed by atoms with Crippen LogP contribution >= 0.6 is 0 Å². The van der Waals surface area contributed by atoms with Crippen molar-refractivity contribution in [2.75, 3.05) is 20.8 Å². The second kappa shape index (κ2) is 10.4. The molecule has 1 N–H and O–H groups in total. The Kier molecular flexibility index (Phi) is 7.64. The van der Waals surface area contributed by atoms with Crippen molar-refractivity contribution in [3.8, 4) is 0 Å². The lowest BCUT2D eigenvalue weighted by Gasteiger charge is -2.44. The Hall–Kier alpha value is -3.47. The molecule has 178 valence electrons. The molecule has 1 fully saturated rings. The summed E-state index contributed by atoms with van der Waals surface area (Å²) < 4.78 is 20.9. The molecule has 3 rings (SSSR count). The smallest absolute Gasteiger partial charge is 0.407 e. The lowest BCUT2D eigenvalue weighted by Crippen LogP contribution is -2.54. The number of non-ortho nitro benzene ring substituents is 1. The fourth-order valence-corrected chi connectivity index (χ4v) is 4.07. The van der Waals surface area contributed by atoms with Gasteiger partial charge in [0.1, 0.15) is 12.2 Å². The molecule has 1 aromatic carbocycles. The fourth-order valence-electron chi connectivity index (χ4n) is 4.07. The maximum Gasteiger partial charge on any atom is 0.407 e. The number of ether oxygens (including phenoxy) is 4. The second-order valence-electron chi connectivity index (χ2n) is 7.93. The van der Waals surface area contributed by atoms with Crippen molar-refractivity contribution in [3.05, 3.63) is 52.1 Å². The van der Waals surface area contributed by atoms with Gasteiger partial charge in [0.2, 0.25) is 0 Å². The van der Waals surface area contributed by atoms with Crippen LogP contribution in [0.5, 0.6) is 0 Å². The number of methoxy groups -OCH3 is 2. The number of nitro benzene ring substituents is 1. The summed E-state index contributed by atoms with van der Waals surface area (Å²) in [6.45, 7) is 0.328. The normalized spacial score (nSPS) is 25.6. The molecule has 0 aromatic heterocycles. The van der Waals surface area contributed by atoms with E-state index >= 15 is 0 Å². The van der Waals surface area contributed by atoms with Crippen molar-refractivity contribution in [1.29, 1.82) is 0 Å². The fraction of sp³-hybridized carbons (Fsp3) is 0.500. The molecule has 0 saturated carbocycles. The third-order valence-electron chi connectivity index (χ3n) is 5.78. The van der Waals surface area contributed by atoms with Gasteiger partial charge in [-0.25, -0.2) is 9.59 Å². The minimum Gasteiger partial charge on any atom is -0.468 e. The molecule has 2 aliphatic rings. The lowest BCUT2D eigenvalue weighted by atomic mass is 9.71. The maximum atomic E-state index is 12.4. The minimum absolute atomic E-state index is 0.0246. The van der Waals surface area contributed by atoms with Gasteiger partial charge in [0.05, 0.1) is 24.6 Å². The number of nitro groups is 1. The molecule has 0 spiro atoms. The Balaban J connectivity index is 1.53. The van der Waals surface area contributed by atoms with Gasteiger partial charge >= 0.3 is 18.0 Å². The largest absolute Gasteiger partial charge is 0.468 e. The number of carbonyl (C=O) groups excluding carboxylic acids is 3. The first-order chi connectivity index (χ1) is 15.8. The van der Waals surface area contributed by atoms with Crippen molar-refractivity contribution >= 4 is 23.7 Å². The van der Waals surface area contributed by atoms with Crippen LogP contribution in [0.15, 0.2) is 36.4 Å². The highest BCUT2D eigenvalue weighted by atomic mass is 16.6. The molecule has 1 aromatic rings. The highest BCUT2D eigenvalue weighted by Crippen LogP contribution is 2.44. The van der Waals surface area contributed by atoms with Gasteiger partial charge in [-0.1, -0.05) is 18.2 Å². The number of benzene rings is 1. The summed E-state index contributed by atoms with van der Waals surface area (Å²) in [5, 5.41) is 13.3. The van der Waals surface area contributed by atoms with Crippen molar-refractivity contribution in [1.82, 2.24) is 5.32 Å². The van der Waals surface area contributed by atoms with Crippen LogP contribution in [0, 0.1) is 15.5 Å². The molecule has 1 heterocycles. The summed E-state index contributed by atoms with van der Waals surface area (Å²) in [6.07, 6.45) is 1.57. The van der Waals surface area contributed by atoms with Gasteiger partial charge in [-0.05, 0) is 30.9 Å². The Morgan fingerprint density at radius 1 is 1.18 bits per heavy atom. The van der Waals surface area contributed by atoms with Crippen molar-refractivity contribution in [2.45, 2.75) is 44.0 Å². The predicted octanol–water partition coefficient (Wildman–Crippen LogP) is 2.07. The Morgan fingerprint density at radius 2 is 1.91 bits per heavy atom. The van der Waals surface area contributed by atoms with Crippen molar-refractivity contribution in [3.63, 3.8) is 0 Å². The van der Waals surface area contributed by atoms with Gasteiger partial charge in [0, 0.05) is 25.1 Å². The number of fused-ring (bicyclic) bond motifs is 2. The van der Waals surface area contributed by atoms with E-state index in [9.17, 15) is 24.5 Å². The summed E-state index contributed by atoms with van der Waals surface area (Å²) >= 11 is 0. The molecule has 11 nitrogen and oxygen atoms in total. The number of rotatable bonds is 8. The second-order valence-corrected chi connectivity index (χ2v) is 7.93. The van der Waals surface area contributed by atoms with Gasteiger partial charge in [-0.15, -0.1) is 0 Å². The van der Waals surface area contributed by atoms with Crippen LogP contribution in [0.25, 0.3) is 0 Å². The van der Waals surface area contributed by atoms with Crippen LogP contribution < -0.4 is 5.32 Å². The summed E-state index contributed by atoms with van der Waals surface area (Å²) in [7, 11) is 2.50. The molecule has 1 saturated heterocycles. The molecular weight excluding hydrogens is 436 g/mol. The van der Waals surface area contributed by atoms with E-state index in [-0.39, 0.29) is 18.5 Å².